The number of aromatic hydroxyl groups is 1. The molecule has 4 aromatic rings. The Morgan fingerprint density at radius 2 is 1.68 bits per heavy atom. The van der Waals surface area contributed by atoms with E-state index in [0.717, 1.165) is 47.6 Å². The molecule has 0 unspecified atom stereocenters. The Morgan fingerprint density at radius 3 is 2.34 bits per heavy atom. The lowest BCUT2D eigenvalue weighted by molar-refractivity contribution is -0.131. The van der Waals surface area contributed by atoms with Gasteiger partial charge in [0.2, 0.25) is 11.8 Å². The summed E-state index contributed by atoms with van der Waals surface area (Å²) < 4.78 is 1.98. The molecule has 4 rings (SSSR count). The number of benzene rings is 2. The SMILES string of the molecule is CC(C)(C)c1ccc(-n2nc(-c3ccccn3)cc2CCCCCC(=O)NC(=O)[C@@H](N)Cc2ccc(O)cc2)cc1. The summed E-state index contributed by atoms with van der Waals surface area (Å²) in [5, 5.41) is 16.7. The summed E-state index contributed by atoms with van der Waals surface area (Å²) >= 11 is 0. The summed E-state index contributed by atoms with van der Waals surface area (Å²) in [6.07, 6.45) is 5.45. The Labute approximate surface area is 241 Å². The van der Waals surface area contributed by atoms with Gasteiger partial charge in [-0.3, -0.25) is 19.9 Å². The zero-order valence-electron chi connectivity index (χ0n) is 24.0. The van der Waals surface area contributed by atoms with Gasteiger partial charge in [-0.2, -0.15) is 5.10 Å². The van der Waals surface area contributed by atoms with Gasteiger partial charge in [0.15, 0.2) is 0 Å². The fraction of sp³-hybridized carbons (Fsp3) is 0.333. The second-order valence-electron chi connectivity index (χ2n) is 11.4. The van der Waals surface area contributed by atoms with Gasteiger partial charge in [0.25, 0.3) is 0 Å². The zero-order chi connectivity index (χ0) is 29.4. The Bertz CT molecular complexity index is 1440. The van der Waals surface area contributed by atoms with Crippen molar-refractivity contribution < 1.29 is 14.7 Å². The van der Waals surface area contributed by atoms with Crippen molar-refractivity contribution in [3.8, 4) is 22.8 Å². The van der Waals surface area contributed by atoms with E-state index < -0.39 is 11.9 Å². The van der Waals surface area contributed by atoms with Gasteiger partial charge < -0.3 is 10.8 Å². The molecule has 214 valence electrons. The first-order valence-electron chi connectivity index (χ1n) is 14.1. The van der Waals surface area contributed by atoms with E-state index >= 15 is 0 Å². The molecule has 1 atom stereocenters. The number of nitrogens with zero attached hydrogens (tertiary/aromatic N) is 3. The number of amides is 2. The number of rotatable bonds is 11. The molecule has 0 spiro atoms. The number of nitrogens with two attached hydrogens (primary N) is 1. The second kappa shape index (κ2) is 13.4. The van der Waals surface area contributed by atoms with Crippen LogP contribution in [0.15, 0.2) is 79.0 Å². The summed E-state index contributed by atoms with van der Waals surface area (Å²) in [7, 11) is 0. The number of hydrogen-bond acceptors (Lipinski definition) is 6. The quantitative estimate of drug-likeness (QED) is 0.218. The van der Waals surface area contributed by atoms with Crippen molar-refractivity contribution in [3.63, 3.8) is 0 Å². The van der Waals surface area contributed by atoms with Crippen LogP contribution in [0.1, 0.15) is 63.3 Å². The maximum Gasteiger partial charge on any atom is 0.243 e. The first kappa shape index (κ1) is 29.7. The van der Waals surface area contributed by atoms with Crippen molar-refractivity contribution in [3.05, 3.63) is 95.8 Å². The fourth-order valence-electron chi connectivity index (χ4n) is 4.60. The average Bonchev–Trinajstić information content (AvgIpc) is 3.38. The van der Waals surface area contributed by atoms with Crippen molar-refractivity contribution in [2.75, 3.05) is 0 Å². The molecule has 0 bridgehead atoms. The molecule has 0 aliphatic carbocycles. The van der Waals surface area contributed by atoms with E-state index in [2.05, 4.69) is 61.4 Å². The van der Waals surface area contributed by atoms with Gasteiger partial charge in [-0.1, -0.05) is 57.5 Å². The van der Waals surface area contributed by atoms with Crippen molar-refractivity contribution in [1.29, 1.82) is 0 Å². The van der Waals surface area contributed by atoms with Gasteiger partial charge >= 0.3 is 0 Å². The van der Waals surface area contributed by atoms with Crippen LogP contribution in [0, 0.1) is 0 Å². The van der Waals surface area contributed by atoms with Crippen LogP contribution in [-0.2, 0) is 27.8 Å². The maximum absolute atomic E-state index is 12.3. The smallest absolute Gasteiger partial charge is 0.243 e. The van der Waals surface area contributed by atoms with Crippen LogP contribution in [-0.4, -0.2) is 37.7 Å². The highest BCUT2D eigenvalue weighted by Crippen LogP contribution is 2.26. The minimum atomic E-state index is -0.838. The topological polar surface area (TPSA) is 123 Å². The van der Waals surface area contributed by atoms with Gasteiger partial charge in [0, 0.05) is 18.3 Å². The molecule has 2 aromatic carbocycles. The van der Waals surface area contributed by atoms with E-state index in [1.165, 1.54) is 5.56 Å². The van der Waals surface area contributed by atoms with Gasteiger partial charge in [-0.15, -0.1) is 0 Å². The molecule has 0 saturated carbocycles. The highest BCUT2D eigenvalue weighted by molar-refractivity contribution is 5.97. The standard InChI is InChI=1S/C33H39N5O3/c1-33(2,3)24-14-16-25(17-15-24)38-26(22-30(37-38)29-10-7-8-20-35-29)9-5-4-6-11-31(40)36-32(41)28(34)21-23-12-18-27(39)19-13-23/h7-8,10,12-20,22,28,39H,4-6,9,11,21,34H2,1-3H3,(H,36,40,41)/t28-/m0/s1. The Kier molecular flexibility index (Phi) is 9.68. The number of hydrogen-bond donors (Lipinski definition) is 3. The predicted octanol–water partition coefficient (Wildman–Crippen LogP) is 5.25. The first-order valence-corrected chi connectivity index (χ1v) is 14.1. The van der Waals surface area contributed by atoms with Crippen LogP contribution >= 0.6 is 0 Å². The molecule has 0 radical (unpaired) electrons. The number of unbranched alkanes of at least 4 members (excludes halogenated alkanes) is 2. The molecule has 0 fully saturated rings. The number of imide groups is 1. The Balaban J connectivity index is 1.31. The van der Waals surface area contributed by atoms with Crippen molar-refractivity contribution >= 4 is 11.8 Å². The first-order chi connectivity index (χ1) is 19.6. The van der Waals surface area contributed by atoms with Gasteiger partial charge in [0.05, 0.1) is 17.4 Å². The Hall–Kier alpha value is -4.30. The van der Waals surface area contributed by atoms with Crippen LogP contribution in [0.3, 0.4) is 0 Å². The monoisotopic (exact) mass is 553 g/mol. The molecular formula is C33H39N5O3. The largest absolute Gasteiger partial charge is 0.508 e. The van der Waals surface area contributed by atoms with Crippen LogP contribution in [0.25, 0.3) is 17.1 Å². The number of phenolic OH excluding ortho intramolecular Hbond substituents is 1. The van der Waals surface area contributed by atoms with E-state index in [1.54, 1.807) is 30.5 Å². The van der Waals surface area contributed by atoms with E-state index in [-0.39, 0.29) is 29.9 Å². The van der Waals surface area contributed by atoms with Crippen LogP contribution in [0.5, 0.6) is 5.75 Å². The van der Waals surface area contributed by atoms with Crippen molar-refractivity contribution in [1.82, 2.24) is 20.1 Å². The van der Waals surface area contributed by atoms with E-state index in [1.807, 2.05) is 22.9 Å². The summed E-state index contributed by atoms with van der Waals surface area (Å²) in [4.78, 5) is 29.2. The normalized spacial score (nSPS) is 12.2. The summed E-state index contributed by atoms with van der Waals surface area (Å²) in [6, 6.07) is 22.0. The number of nitrogens with one attached hydrogen (secondary N) is 1. The van der Waals surface area contributed by atoms with Gasteiger partial charge in [-0.25, -0.2) is 4.68 Å². The van der Waals surface area contributed by atoms with Gasteiger partial charge in [-0.05, 0) is 84.7 Å². The third kappa shape index (κ3) is 8.35. The molecule has 0 aliphatic heterocycles. The van der Waals surface area contributed by atoms with Crippen molar-refractivity contribution in [2.24, 2.45) is 5.73 Å². The highest BCUT2D eigenvalue weighted by Gasteiger charge is 2.18. The minimum Gasteiger partial charge on any atom is -0.508 e. The molecule has 8 heteroatoms. The number of carbonyl (C=O) groups excluding carboxylic acids is 2. The zero-order valence-corrected chi connectivity index (χ0v) is 24.0. The summed E-state index contributed by atoms with van der Waals surface area (Å²) in [6.45, 7) is 6.59. The fourth-order valence-corrected chi connectivity index (χ4v) is 4.60. The van der Waals surface area contributed by atoms with Crippen molar-refractivity contribution in [2.45, 2.75) is 70.8 Å². The molecular weight excluding hydrogens is 514 g/mol. The molecule has 2 aromatic heterocycles. The third-order valence-electron chi connectivity index (χ3n) is 7.02. The maximum atomic E-state index is 12.3. The predicted molar refractivity (Wildman–Crippen MR) is 161 cm³/mol. The number of phenols is 1. The lowest BCUT2D eigenvalue weighted by Crippen LogP contribution is -2.44. The van der Waals surface area contributed by atoms with E-state index in [0.29, 0.717) is 6.42 Å². The lowest BCUT2D eigenvalue weighted by Gasteiger charge is -2.19. The number of aryl methyl sites for hydroxylation is 1. The molecule has 0 saturated heterocycles. The number of aromatic nitrogens is 3. The highest BCUT2D eigenvalue weighted by atomic mass is 16.3. The van der Waals surface area contributed by atoms with Crippen LogP contribution in [0.2, 0.25) is 0 Å². The van der Waals surface area contributed by atoms with E-state index in [4.69, 9.17) is 10.8 Å². The van der Waals surface area contributed by atoms with E-state index in [9.17, 15) is 14.7 Å². The number of pyridine rings is 1. The molecule has 4 N–H and O–H groups in total. The molecule has 0 aliphatic rings. The molecule has 41 heavy (non-hydrogen) atoms. The minimum absolute atomic E-state index is 0.0688. The summed E-state index contributed by atoms with van der Waals surface area (Å²) in [5.41, 5.74) is 11.8. The number of carbonyl (C=O) groups is 2. The summed E-state index contributed by atoms with van der Waals surface area (Å²) in [5.74, 6) is -0.668. The molecule has 2 amide bonds. The van der Waals surface area contributed by atoms with Gasteiger partial charge in [0.1, 0.15) is 11.4 Å². The van der Waals surface area contributed by atoms with Crippen LogP contribution in [0.4, 0.5) is 0 Å². The molecule has 8 nitrogen and oxygen atoms in total. The molecule has 2 heterocycles. The third-order valence-corrected chi connectivity index (χ3v) is 7.02. The Morgan fingerprint density at radius 1 is 0.951 bits per heavy atom. The average molecular weight is 554 g/mol. The lowest BCUT2D eigenvalue weighted by atomic mass is 9.87. The second-order valence-corrected chi connectivity index (χ2v) is 11.4. The van der Waals surface area contributed by atoms with Crippen LogP contribution < -0.4 is 11.1 Å².